The second-order valence-corrected chi connectivity index (χ2v) is 4.77. The van der Waals surface area contributed by atoms with Crippen LogP contribution in [0.3, 0.4) is 0 Å². The molecule has 6 nitrogen and oxygen atoms in total. The van der Waals surface area contributed by atoms with Gasteiger partial charge in [0.15, 0.2) is 0 Å². The van der Waals surface area contributed by atoms with Gasteiger partial charge in [0.25, 0.3) is 0 Å². The lowest BCUT2D eigenvalue weighted by Crippen LogP contribution is -2.25. The van der Waals surface area contributed by atoms with E-state index in [1.165, 1.54) is 0 Å². The molecule has 0 saturated carbocycles. The fraction of sp³-hybridized carbons (Fsp3) is 0.308. The van der Waals surface area contributed by atoms with Crippen LogP contribution in [-0.4, -0.2) is 38.4 Å². The zero-order valence-electron chi connectivity index (χ0n) is 10.2. The Bertz CT molecular complexity index is 649. The van der Waals surface area contributed by atoms with Gasteiger partial charge in [0, 0.05) is 19.5 Å². The van der Waals surface area contributed by atoms with Crippen molar-refractivity contribution in [3.63, 3.8) is 0 Å². The number of H-pyrrole nitrogens is 1. The molecule has 0 aliphatic carbocycles. The van der Waals surface area contributed by atoms with E-state index in [0.717, 1.165) is 16.6 Å². The number of aromatic nitrogens is 2. The number of benzene rings is 1. The van der Waals surface area contributed by atoms with E-state index in [-0.39, 0.29) is 18.9 Å². The van der Waals surface area contributed by atoms with Gasteiger partial charge < -0.3 is 15.0 Å². The van der Waals surface area contributed by atoms with Gasteiger partial charge in [0.1, 0.15) is 0 Å². The Morgan fingerprint density at radius 1 is 1.53 bits per heavy atom. The van der Waals surface area contributed by atoms with Crippen LogP contribution in [0.2, 0.25) is 0 Å². The lowest BCUT2D eigenvalue weighted by atomic mass is 10.1. The molecule has 1 aromatic heterocycles. The summed E-state index contributed by atoms with van der Waals surface area (Å²) in [4.78, 5) is 31.4. The quantitative estimate of drug-likeness (QED) is 0.860. The third-order valence-corrected chi connectivity index (χ3v) is 3.42. The maximum Gasteiger partial charge on any atom is 0.308 e. The molecule has 0 bridgehead atoms. The Morgan fingerprint density at radius 2 is 2.37 bits per heavy atom. The smallest absolute Gasteiger partial charge is 0.308 e. The van der Waals surface area contributed by atoms with E-state index >= 15 is 0 Å². The average Bonchev–Trinajstić information content (AvgIpc) is 2.96. The van der Waals surface area contributed by atoms with Crippen LogP contribution in [0.1, 0.15) is 12.0 Å². The summed E-state index contributed by atoms with van der Waals surface area (Å²) in [5.74, 6) is -1.58. The van der Waals surface area contributed by atoms with Crippen molar-refractivity contribution in [2.24, 2.45) is 5.92 Å². The highest BCUT2D eigenvalue weighted by Gasteiger charge is 2.34. The number of nitrogens with zero attached hydrogens (tertiary/aromatic N) is 2. The van der Waals surface area contributed by atoms with Gasteiger partial charge in [-0.1, -0.05) is 6.07 Å². The number of carboxylic acids is 1. The summed E-state index contributed by atoms with van der Waals surface area (Å²) in [5, 5.41) is 8.94. The Morgan fingerprint density at radius 3 is 3.11 bits per heavy atom. The number of aromatic amines is 1. The molecule has 1 aromatic carbocycles. The van der Waals surface area contributed by atoms with Crippen LogP contribution in [0.5, 0.6) is 0 Å². The minimum atomic E-state index is -0.903. The summed E-state index contributed by atoms with van der Waals surface area (Å²) in [6.07, 6.45) is 1.72. The number of carbonyl (C=O) groups is 2. The van der Waals surface area contributed by atoms with Gasteiger partial charge >= 0.3 is 5.97 Å². The largest absolute Gasteiger partial charge is 0.481 e. The van der Waals surface area contributed by atoms with Gasteiger partial charge in [-0.3, -0.25) is 9.59 Å². The normalized spacial score (nSPS) is 19.3. The number of nitrogens with one attached hydrogen (secondary N) is 1. The van der Waals surface area contributed by atoms with Crippen molar-refractivity contribution < 1.29 is 14.7 Å². The number of carboxylic acid groups (broad SMARTS) is 1. The number of amides is 1. The van der Waals surface area contributed by atoms with Crippen LogP contribution in [0.25, 0.3) is 11.0 Å². The number of aliphatic carboxylic acids is 1. The van der Waals surface area contributed by atoms with Gasteiger partial charge in [0.05, 0.1) is 23.3 Å². The number of carbonyl (C=O) groups excluding carboxylic acids is 1. The number of likely N-dealkylation sites (tertiary alicyclic amines) is 1. The number of hydrogen-bond donors (Lipinski definition) is 2. The van der Waals surface area contributed by atoms with Crippen molar-refractivity contribution in [3.8, 4) is 0 Å². The standard InChI is InChI=1S/C13H13N3O3/c17-12-4-9(13(18)19)6-16(12)5-8-1-2-10-11(3-8)15-7-14-10/h1-3,7,9H,4-6H2,(H,14,15)(H,18,19). The van der Waals surface area contributed by atoms with Crippen molar-refractivity contribution in [2.45, 2.75) is 13.0 Å². The van der Waals surface area contributed by atoms with Crippen LogP contribution >= 0.6 is 0 Å². The van der Waals surface area contributed by atoms with E-state index in [9.17, 15) is 9.59 Å². The second kappa shape index (κ2) is 4.38. The first-order chi connectivity index (χ1) is 9.13. The van der Waals surface area contributed by atoms with E-state index in [4.69, 9.17) is 5.11 Å². The third-order valence-electron chi connectivity index (χ3n) is 3.42. The second-order valence-electron chi connectivity index (χ2n) is 4.77. The molecule has 1 fully saturated rings. The molecule has 1 aliphatic rings. The summed E-state index contributed by atoms with van der Waals surface area (Å²) in [5.41, 5.74) is 2.76. The molecule has 3 rings (SSSR count). The van der Waals surface area contributed by atoms with E-state index in [0.29, 0.717) is 6.54 Å². The number of rotatable bonds is 3. The van der Waals surface area contributed by atoms with Crippen LogP contribution in [0, 0.1) is 5.92 Å². The molecule has 2 N–H and O–H groups in total. The van der Waals surface area contributed by atoms with Crippen molar-refractivity contribution >= 4 is 22.9 Å². The molecule has 2 aromatic rings. The SMILES string of the molecule is O=C(O)C1CC(=O)N(Cc2ccc3nc[nH]c3c2)C1. The van der Waals surface area contributed by atoms with E-state index < -0.39 is 11.9 Å². The molecule has 1 atom stereocenters. The predicted octanol–water partition coefficient (Wildman–Crippen LogP) is 0.996. The molecular weight excluding hydrogens is 246 g/mol. The molecule has 1 aliphatic heterocycles. The molecule has 0 spiro atoms. The molecule has 2 heterocycles. The molecule has 1 unspecified atom stereocenters. The van der Waals surface area contributed by atoms with Crippen LogP contribution < -0.4 is 0 Å². The molecular formula is C13H13N3O3. The zero-order valence-corrected chi connectivity index (χ0v) is 10.2. The van der Waals surface area contributed by atoms with Gasteiger partial charge in [-0.05, 0) is 17.7 Å². The Hall–Kier alpha value is -2.37. The number of fused-ring (bicyclic) bond motifs is 1. The lowest BCUT2D eigenvalue weighted by Gasteiger charge is -2.15. The minimum Gasteiger partial charge on any atom is -0.481 e. The highest BCUT2D eigenvalue weighted by Crippen LogP contribution is 2.21. The molecule has 1 amide bonds. The van der Waals surface area contributed by atoms with Crippen LogP contribution in [-0.2, 0) is 16.1 Å². The number of hydrogen-bond acceptors (Lipinski definition) is 3. The van der Waals surface area contributed by atoms with Gasteiger partial charge in [-0.25, -0.2) is 4.98 Å². The van der Waals surface area contributed by atoms with Crippen molar-refractivity contribution in [2.75, 3.05) is 6.54 Å². The molecule has 1 saturated heterocycles. The molecule has 98 valence electrons. The maximum atomic E-state index is 11.7. The average molecular weight is 259 g/mol. The topological polar surface area (TPSA) is 86.3 Å². The van der Waals surface area contributed by atoms with Crippen LogP contribution in [0.15, 0.2) is 24.5 Å². The van der Waals surface area contributed by atoms with E-state index in [2.05, 4.69) is 9.97 Å². The first-order valence-corrected chi connectivity index (χ1v) is 6.06. The monoisotopic (exact) mass is 259 g/mol. The van der Waals surface area contributed by atoms with Crippen LogP contribution in [0.4, 0.5) is 0 Å². The van der Waals surface area contributed by atoms with E-state index in [1.54, 1.807) is 11.2 Å². The highest BCUT2D eigenvalue weighted by atomic mass is 16.4. The van der Waals surface area contributed by atoms with Gasteiger partial charge in [0.2, 0.25) is 5.91 Å². The first kappa shape index (κ1) is 11.7. The Balaban J connectivity index is 1.77. The van der Waals surface area contributed by atoms with Crippen molar-refractivity contribution in [1.82, 2.24) is 14.9 Å². The van der Waals surface area contributed by atoms with E-state index in [1.807, 2.05) is 18.2 Å². The maximum absolute atomic E-state index is 11.7. The molecule has 6 heteroatoms. The summed E-state index contributed by atoms with van der Waals surface area (Å²) in [7, 11) is 0. The van der Waals surface area contributed by atoms with Crippen molar-refractivity contribution in [3.05, 3.63) is 30.1 Å². The lowest BCUT2D eigenvalue weighted by molar-refractivity contribution is -0.141. The summed E-state index contributed by atoms with van der Waals surface area (Å²) < 4.78 is 0. The summed E-state index contributed by atoms with van der Waals surface area (Å²) in [6.45, 7) is 0.729. The highest BCUT2D eigenvalue weighted by molar-refractivity contribution is 5.86. The summed E-state index contributed by atoms with van der Waals surface area (Å²) >= 11 is 0. The zero-order chi connectivity index (χ0) is 13.4. The first-order valence-electron chi connectivity index (χ1n) is 6.06. The predicted molar refractivity (Wildman–Crippen MR) is 67.3 cm³/mol. The Labute approximate surface area is 109 Å². The summed E-state index contributed by atoms with van der Waals surface area (Å²) in [6, 6.07) is 5.73. The fourth-order valence-corrected chi connectivity index (χ4v) is 2.39. The number of imidazole rings is 1. The molecule has 0 radical (unpaired) electrons. The Kier molecular flexibility index (Phi) is 2.70. The minimum absolute atomic E-state index is 0.0988. The third kappa shape index (κ3) is 2.16. The fourth-order valence-electron chi connectivity index (χ4n) is 2.39. The van der Waals surface area contributed by atoms with Crippen molar-refractivity contribution in [1.29, 1.82) is 0 Å². The van der Waals surface area contributed by atoms with Gasteiger partial charge in [-0.15, -0.1) is 0 Å². The molecule has 19 heavy (non-hydrogen) atoms. The van der Waals surface area contributed by atoms with Gasteiger partial charge in [-0.2, -0.15) is 0 Å².